The van der Waals surface area contributed by atoms with Crippen molar-refractivity contribution >= 4 is 0 Å². The van der Waals surface area contributed by atoms with Gasteiger partial charge in [0.2, 0.25) is 6.79 Å². The summed E-state index contributed by atoms with van der Waals surface area (Å²) in [6.07, 6.45) is 0. The molecule has 110 valence electrons. The van der Waals surface area contributed by atoms with E-state index >= 15 is 0 Å². The number of aliphatic hydroxyl groups is 1. The molecular weight excluding hydrogens is 266 g/mol. The predicted molar refractivity (Wildman–Crippen MR) is 80.2 cm³/mol. The highest BCUT2D eigenvalue weighted by atomic mass is 16.7. The molecule has 4 heteroatoms. The number of hydrogen-bond acceptors (Lipinski definition) is 4. The summed E-state index contributed by atoms with van der Waals surface area (Å²) < 4.78 is 10.9. The average Bonchev–Trinajstić information content (AvgIpc) is 3.01. The Morgan fingerprint density at radius 2 is 2.05 bits per heavy atom. The number of rotatable bonds is 5. The van der Waals surface area contributed by atoms with E-state index in [1.807, 2.05) is 36.4 Å². The lowest BCUT2D eigenvalue weighted by atomic mass is 10.0. The van der Waals surface area contributed by atoms with Crippen LogP contribution in [0.25, 0.3) is 0 Å². The number of fused-ring (bicyclic) bond motifs is 1. The second kappa shape index (κ2) is 6.16. The van der Waals surface area contributed by atoms with E-state index in [2.05, 4.69) is 18.3 Å². The van der Waals surface area contributed by atoms with Crippen molar-refractivity contribution < 1.29 is 14.6 Å². The number of hydrogen-bond donors (Lipinski definition) is 2. The quantitative estimate of drug-likeness (QED) is 0.887. The van der Waals surface area contributed by atoms with Crippen molar-refractivity contribution in [1.29, 1.82) is 0 Å². The first-order valence-corrected chi connectivity index (χ1v) is 7.08. The third kappa shape index (κ3) is 3.01. The van der Waals surface area contributed by atoms with Crippen LogP contribution in [0.15, 0.2) is 42.5 Å². The lowest BCUT2D eigenvalue weighted by molar-refractivity contribution is 0.173. The van der Waals surface area contributed by atoms with Gasteiger partial charge in [0, 0.05) is 18.2 Å². The fourth-order valence-electron chi connectivity index (χ4n) is 2.47. The second-order valence-corrected chi connectivity index (χ2v) is 5.16. The molecule has 0 bridgehead atoms. The van der Waals surface area contributed by atoms with Crippen molar-refractivity contribution in [1.82, 2.24) is 5.32 Å². The van der Waals surface area contributed by atoms with Crippen molar-refractivity contribution in [2.24, 2.45) is 0 Å². The van der Waals surface area contributed by atoms with Gasteiger partial charge in [0.15, 0.2) is 11.5 Å². The molecule has 1 aliphatic heterocycles. The molecule has 2 N–H and O–H groups in total. The summed E-state index contributed by atoms with van der Waals surface area (Å²) >= 11 is 0. The highest BCUT2D eigenvalue weighted by Gasteiger charge is 2.17. The first-order chi connectivity index (χ1) is 10.3. The lowest BCUT2D eigenvalue weighted by Gasteiger charge is -2.16. The number of nitrogens with one attached hydrogen (secondary N) is 1. The third-order valence-electron chi connectivity index (χ3n) is 3.71. The Hall–Kier alpha value is -2.04. The van der Waals surface area contributed by atoms with Gasteiger partial charge in [-0.2, -0.15) is 0 Å². The molecule has 1 atom stereocenters. The summed E-state index contributed by atoms with van der Waals surface area (Å²) in [5, 5.41) is 12.7. The minimum absolute atomic E-state index is 0.0674. The summed E-state index contributed by atoms with van der Waals surface area (Å²) in [5.41, 5.74) is 3.18. The molecule has 1 aliphatic rings. The first-order valence-electron chi connectivity index (χ1n) is 7.08. The maximum Gasteiger partial charge on any atom is 0.231 e. The van der Waals surface area contributed by atoms with E-state index in [0.717, 1.165) is 28.2 Å². The molecule has 0 saturated heterocycles. The van der Waals surface area contributed by atoms with E-state index in [0.29, 0.717) is 13.3 Å². The molecule has 0 amide bonds. The molecule has 1 heterocycles. The van der Waals surface area contributed by atoms with Crippen molar-refractivity contribution in [2.75, 3.05) is 6.79 Å². The van der Waals surface area contributed by atoms with Gasteiger partial charge in [-0.15, -0.1) is 0 Å². The van der Waals surface area contributed by atoms with E-state index < -0.39 is 0 Å². The second-order valence-electron chi connectivity index (χ2n) is 5.16. The van der Waals surface area contributed by atoms with Gasteiger partial charge in [-0.3, -0.25) is 0 Å². The van der Waals surface area contributed by atoms with Gasteiger partial charge in [-0.1, -0.05) is 36.4 Å². The van der Waals surface area contributed by atoms with Crippen molar-refractivity contribution in [3.63, 3.8) is 0 Å². The summed E-state index contributed by atoms with van der Waals surface area (Å²) in [6.45, 7) is 3.17. The van der Waals surface area contributed by atoms with Crippen molar-refractivity contribution in [3.05, 3.63) is 59.2 Å². The van der Waals surface area contributed by atoms with Crippen molar-refractivity contribution in [2.45, 2.75) is 26.1 Å². The highest BCUT2D eigenvalue weighted by Crippen LogP contribution is 2.35. The Balaban J connectivity index is 1.68. The summed E-state index contributed by atoms with van der Waals surface area (Å²) in [6, 6.07) is 14.1. The molecule has 2 aromatic rings. The zero-order chi connectivity index (χ0) is 14.7. The summed E-state index contributed by atoms with van der Waals surface area (Å²) in [4.78, 5) is 0. The number of aliphatic hydroxyl groups excluding tert-OH is 1. The van der Waals surface area contributed by atoms with Crippen LogP contribution in [0.1, 0.15) is 29.7 Å². The third-order valence-corrected chi connectivity index (χ3v) is 3.71. The molecule has 0 spiro atoms. The van der Waals surface area contributed by atoms with Crippen LogP contribution in [-0.2, 0) is 13.2 Å². The largest absolute Gasteiger partial charge is 0.454 e. The molecule has 21 heavy (non-hydrogen) atoms. The Morgan fingerprint density at radius 3 is 2.90 bits per heavy atom. The molecular formula is C17H19NO3. The number of benzene rings is 2. The van der Waals surface area contributed by atoms with Gasteiger partial charge >= 0.3 is 0 Å². The van der Waals surface area contributed by atoms with Crippen LogP contribution in [0, 0.1) is 0 Å². The summed E-state index contributed by atoms with van der Waals surface area (Å²) in [5.74, 6) is 1.64. The fourth-order valence-corrected chi connectivity index (χ4v) is 2.47. The number of para-hydroxylation sites is 1. The Bertz CT molecular complexity index is 627. The van der Waals surface area contributed by atoms with Gasteiger partial charge in [0.25, 0.3) is 0 Å². The molecule has 4 nitrogen and oxygen atoms in total. The molecule has 0 saturated carbocycles. The van der Waals surface area contributed by atoms with Crippen LogP contribution in [0.5, 0.6) is 11.5 Å². The standard InChI is InChI=1S/C17H19NO3/c1-12(14-5-2-4-13(8-14)10-19)18-9-15-6-3-7-16-17(15)21-11-20-16/h2-8,12,18-19H,9-11H2,1H3/t12-/m0/s1. The predicted octanol–water partition coefficient (Wildman–Crippen LogP) is 2.76. The van der Waals surface area contributed by atoms with Crippen LogP contribution < -0.4 is 14.8 Å². The fraction of sp³-hybridized carbons (Fsp3) is 0.294. The van der Waals surface area contributed by atoms with E-state index in [1.54, 1.807) is 0 Å². The van der Waals surface area contributed by atoms with Gasteiger partial charge in [-0.25, -0.2) is 0 Å². The maximum absolute atomic E-state index is 9.21. The minimum atomic E-state index is 0.0674. The normalized spacial score (nSPS) is 14.2. The molecule has 0 aliphatic carbocycles. The maximum atomic E-state index is 9.21. The van der Waals surface area contributed by atoms with E-state index in [1.165, 1.54) is 0 Å². The highest BCUT2D eigenvalue weighted by molar-refractivity contribution is 5.48. The molecule has 0 fully saturated rings. The van der Waals surface area contributed by atoms with Crippen LogP contribution in [0.4, 0.5) is 0 Å². The van der Waals surface area contributed by atoms with Crippen LogP contribution in [0.2, 0.25) is 0 Å². The average molecular weight is 285 g/mol. The SMILES string of the molecule is C[C@H](NCc1cccc2c1OCO2)c1cccc(CO)c1. The minimum Gasteiger partial charge on any atom is -0.454 e. The van der Waals surface area contributed by atoms with Gasteiger partial charge < -0.3 is 19.9 Å². The van der Waals surface area contributed by atoms with Gasteiger partial charge in [0.1, 0.15) is 0 Å². The van der Waals surface area contributed by atoms with E-state index in [4.69, 9.17) is 9.47 Å². The smallest absolute Gasteiger partial charge is 0.231 e. The van der Waals surface area contributed by atoms with Gasteiger partial charge in [0.05, 0.1) is 6.61 Å². The Labute approximate surface area is 124 Å². The van der Waals surface area contributed by atoms with E-state index in [-0.39, 0.29) is 12.6 Å². The lowest BCUT2D eigenvalue weighted by Crippen LogP contribution is -2.18. The van der Waals surface area contributed by atoms with Crippen LogP contribution >= 0.6 is 0 Å². The Kier molecular flexibility index (Phi) is 4.08. The molecule has 0 unspecified atom stereocenters. The van der Waals surface area contributed by atoms with Crippen LogP contribution in [0.3, 0.4) is 0 Å². The first kappa shape index (κ1) is 13.9. The molecule has 0 aromatic heterocycles. The van der Waals surface area contributed by atoms with Gasteiger partial charge in [-0.05, 0) is 24.1 Å². The summed E-state index contributed by atoms with van der Waals surface area (Å²) in [7, 11) is 0. The topological polar surface area (TPSA) is 50.7 Å². The van der Waals surface area contributed by atoms with Crippen molar-refractivity contribution in [3.8, 4) is 11.5 Å². The van der Waals surface area contributed by atoms with E-state index in [9.17, 15) is 5.11 Å². The molecule has 0 radical (unpaired) electrons. The van der Waals surface area contributed by atoms with Crippen LogP contribution in [-0.4, -0.2) is 11.9 Å². The molecule has 2 aromatic carbocycles. The Morgan fingerprint density at radius 1 is 1.19 bits per heavy atom. The molecule has 3 rings (SSSR count). The number of ether oxygens (including phenoxy) is 2. The zero-order valence-electron chi connectivity index (χ0n) is 12.0. The zero-order valence-corrected chi connectivity index (χ0v) is 12.0. The monoisotopic (exact) mass is 285 g/mol.